The highest BCUT2D eigenvalue weighted by Gasteiger charge is 2.39. The van der Waals surface area contributed by atoms with Crippen LogP contribution in [0, 0.1) is 17.5 Å². The van der Waals surface area contributed by atoms with Gasteiger partial charge in [-0.05, 0) is 35.4 Å². The summed E-state index contributed by atoms with van der Waals surface area (Å²) in [4.78, 5) is 10.7. The van der Waals surface area contributed by atoms with Crippen LogP contribution in [0.5, 0.6) is 0 Å². The molecule has 14 heteroatoms. The van der Waals surface area contributed by atoms with E-state index in [1.807, 2.05) is 0 Å². The number of nitrogens with zero attached hydrogens (tertiary/aromatic N) is 4. The molecule has 0 aliphatic heterocycles. The fourth-order valence-electron chi connectivity index (χ4n) is 3.92. The molecule has 0 fully saturated rings. The van der Waals surface area contributed by atoms with E-state index < -0.39 is 52.2 Å². The van der Waals surface area contributed by atoms with Gasteiger partial charge in [0.2, 0.25) is 12.7 Å². The molecule has 5 aromatic rings. The summed E-state index contributed by atoms with van der Waals surface area (Å²) in [7, 11) is 0. The number of halogens is 9. The van der Waals surface area contributed by atoms with Gasteiger partial charge in [-0.15, -0.1) is 0 Å². The van der Waals surface area contributed by atoms with Gasteiger partial charge in [-0.25, -0.2) is 18.2 Å². The summed E-state index contributed by atoms with van der Waals surface area (Å²) in [5.74, 6) is -3.31. The molecule has 1 N–H and O–H groups in total. The SMILES string of the molecule is Fc1cc(C[n+]2cc3[nH]c(-c4cccc(F)c4F)nc3cn2)cnc1-c1ccc(C(F)(F)F)cc1C(F)(F)F. The number of imidazole rings is 1. The summed E-state index contributed by atoms with van der Waals surface area (Å²) in [6, 6.07) is 5.34. The Kier molecular flexibility index (Phi) is 6.27. The number of hydrogen-bond acceptors (Lipinski definition) is 3. The maximum Gasteiger partial charge on any atom is 0.417 e. The van der Waals surface area contributed by atoms with Crippen LogP contribution in [0.4, 0.5) is 39.5 Å². The Morgan fingerprint density at radius 1 is 0.821 bits per heavy atom. The van der Waals surface area contributed by atoms with Crippen molar-refractivity contribution in [3.8, 4) is 22.6 Å². The van der Waals surface area contributed by atoms with E-state index in [0.717, 1.165) is 18.3 Å². The number of fused-ring (bicyclic) bond motifs is 1. The van der Waals surface area contributed by atoms with E-state index in [2.05, 4.69) is 20.1 Å². The molecule has 2 aromatic carbocycles. The first-order valence-electron chi connectivity index (χ1n) is 10.9. The summed E-state index contributed by atoms with van der Waals surface area (Å²) in [6.45, 7) is -0.109. The number of aromatic amines is 1. The van der Waals surface area contributed by atoms with Crippen molar-refractivity contribution in [2.45, 2.75) is 18.9 Å². The molecule has 0 saturated heterocycles. The van der Waals surface area contributed by atoms with Gasteiger partial charge >= 0.3 is 12.4 Å². The normalized spacial score (nSPS) is 12.3. The van der Waals surface area contributed by atoms with Crippen LogP contribution in [0.2, 0.25) is 0 Å². The maximum absolute atomic E-state index is 14.9. The summed E-state index contributed by atoms with van der Waals surface area (Å²) in [5.41, 5.74) is -4.09. The first-order chi connectivity index (χ1) is 18.3. The van der Waals surface area contributed by atoms with Crippen molar-refractivity contribution in [3.63, 3.8) is 0 Å². The minimum Gasteiger partial charge on any atom is -0.333 e. The van der Waals surface area contributed by atoms with Crippen LogP contribution >= 0.6 is 0 Å². The lowest BCUT2D eigenvalue weighted by Gasteiger charge is -2.16. The van der Waals surface area contributed by atoms with Gasteiger partial charge in [-0.1, -0.05) is 16.8 Å². The minimum atomic E-state index is -5.20. The average Bonchev–Trinajstić information content (AvgIpc) is 3.27. The number of hydrogen-bond donors (Lipinski definition) is 1. The van der Waals surface area contributed by atoms with E-state index in [0.29, 0.717) is 23.2 Å². The van der Waals surface area contributed by atoms with E-state index in [4.69, 9.17) is 0 Å². The molecular weight excluding hydrogens is 541 g/mol. The van der Waals surface area contributed by atoms with Gasteiger partial charge in [0.05, 0.1) is 16.7 Å². The zero-order chi connectivity index (χ0) is 28.1. The Hall–Kier alpha value is -4.49. The van der Waals surface area contributed by atoms with Crippen molar-refractivity contribution in [2.24, 2.45) is 0 Å². The monoisotopic (exact) mass is 554 g/mol. The van der Waals surface area contributed by atoms with Gasteiger partial charge in [-0.3, -0.25) is 4.98 Å². The molecule has 39 heavy (non-hydrogen) atoms. The van der Waals surface area contributed by atoms with Crippen LogP contribution in [0.15, 0.2) is 61.1 Å². The number of alkyl halides is 6. The predicted octanol–water partition coefficient (Wildman–Crippen LogP) is 6.48. The molecule has 0 spiro atoms. The first-order valence-corrected chi connectivity index (χ1v) is 10.9. The van der Waals surface area contributed by atoms with Gasteiger partial charge in [0.1, 0.15) is 34.6 Å². The van der Waals surface area contributed by atoms with Crippen molar-refractivity contribution in [1.29, 1.82) is 0 Å². The summed E-state index contributed by atoms with van der Waals surface area (Å²) in [6.07, 6.45) is -6.42. The number of benzene rings is 2. The second-order valence-electron chi connectivity index (χ2n) is 8.39. The number of H-pyrrole nitrogens is 1. The van der Waals surface area contributed by atoms with Crippen LogP contribution in [0.3, 0.4) is 0 Å². The lowest BCUT2D eigenvalue weighted by molar-refractivity contribution is -0.745. The van der Waals surface area contributed by atoms with E-state index in [1.54, 1.807) is 0 Å². The Bertz CT molecular complexity index is 1710. The molecule has 3 aromatic heterocycles. The maximum atomic E-state index is 14.9. The molecule has 5 rings (SSSR count). The van der Waals surface area contributed by atoms with Gasteiger partial charge < -0.3 is 4.98 Å². The Morgan fingerprint density at radius 2 is 1.59 bits per heavy atom. The Balaban J connectivity index is 1.45. The zero-order valence-corrected chi connectivity index (χ0v) is 19.2. The Labute approximate surface area is 212 Å². The molecule has 3 heterocycles. The van der Waals surface area contributed by atoms with Crippen molar-refractivity contribution < 1.29 is 44.2 Å². The van der Waals surface area contributed by atoms with Crippen LogP contribution in [0.1, 0.15) is 16.7 Å². The highest BCUT2D eigenvalue weighted by molar-refractivity contribution is 5.77. The fourth-order valence-corrected chi connectivity index (χ4v) is 3.92. The third-order valence-electron chi connectivity index (χ3n) is 5.72. The first kappa shape index (κ1) is 26.1. The summed E-state index contributed by atoms with van der Waals surface area (Å²) in [5, 5.41) is 4.10. The predicted molar refractivity (Wildman–Crippen MR) is 118 cm³/mol. The topological polar surface area (TPSA) is 58.3 Å². The minimum absolute atomic E-state index is 0.0376. The van der Waals surface area contributed by atoms with Crippen LogP contribution in [-0.2, 0) is 18.9 Å². The van der Waals surface area contributed by atoms with E-state index in [-0.39, 0.29) is 29.6 Å². The number of nitrogens with one attached hydrogen (secondary N) is 1. The van der Waals surface area contributed by atoms with Crippen LogP contribution in [-0.4, -0.2) is 20.1 Å². The number of pyridine rings is 1. The van der Waals surface area contributed by atoms with Crippen molar-refractivity contribution in [2.75, 3.05) is 0 Å². The molecule has 0 saturated carbocycles. The molecule has 0 radical (unpaired) electrons. The highest BCUT2D eigenvalue weighted by Crippen LogP contribution is 2.41. The number of rotatable bonds is 4. The standard InChI is InChI=1S/C25H12F9N5/c26-17-3-1-2-15(21(17)28)23-37-19-9-36-39(11-20(19)38-23)10-12-6-18(27)22(35-8-12)14-5-4-13(24(29,30)31)7-16(14)25(32,33)34/h1-9,11H,10H2/p+1. The van der Waals surface area contributed by atoms with E-state index in [9.17, 15) is 39.5 Å². The average molecular weight is 554 g/mol. The van der Waals surface area contributed by atoms with Gasteiger partial charge in [0.25, 0.3) is 0 Å². The van der Waals surface area contributed by atoms with Crippen molar-refractivity contribution in [3.05, 3.63) is 95.2 Å². The van der Waals surface area contributed by atoms with E-state index >= 15 is 0 Å². The lowest BCUT2D eigenvalue weighted by atomic mass is 9.99. The molecule has 0 amide bonds. The molecular formula is C25H13F9N5+. The lowest BCUT2D eigenvalue weighted by Crippen LogP contribution is -2.38. The largest absolute Gasteiger partial charge is 0.417 e. The molecule has 0 aliphatic carbocycles. The van der Waals surface area contributed by atoms with Crippen LogP contribution in [0.25, 0.3) is 33.7 Å². The summed E-state index contributed by atoms with van der Waals surface area (Å²) < 4.78 is 123. The quantitative estimate of drug-likeness (QED) is 0.205. The molecule has 0 atom stereocenters. The van der Waals surface area contributed by atoms with Crippen molar-refractivity contribution in [1.82, 2.24) is 20.1 Å². The molecule has 0 unspecified atom stereocenters. The molecule has 5 nitrogen and oxygen atoms in total. The van der Waals surface area contributed by atoms with E-state index in [1.165, 1.54) is 29.2 Å². The van der Waals surface area contributed by atoms with Gasteiger partial charge in [0.15, 0.2) is 11.6 Å². The third-order valence-corrected chi connectivity index (χ3v) is 5.72. The molecule has 200 valence electrons. The second-order valence-corrected chi connectivity index (χ2v) is 8.39. The van der Waals surface area contributed by atoms with Crippen molar-refractivity contribution >= 4 is 11.0 Å². The van der Waals surface area contributed by atoms with Gasteiger partial charge in [-0.2, -0.15) is 26.3 Å². The highest BCUT2D eigenvalue weighted by atomic mass is 19.4. The van der Waals surface area contributed by atoms with Gasteiger partial charge in [0, 0.05) is 17.3 Å². The van der Waals surface area contributed by atoms with Crippen LogP contribution < -0.4 is 4.68 Å². The second kappa shape index (κ2) is 9.36. The summed E-state index contributed by atoms with van der Waals surface area (Å²) >= 11 is 0. The smallest absolute Gasteiger partial charge is 0.333 e. The third kappa shape index (κ3) is 5.13. The zero-order valence-electron chi connectivity index (χ0n) is 19.2. The molecule has 0 bridgehead atoms. The molecule has 0 aliphatic rings. The number of aromatic nitrogens is 5. The fraction of sp³-hybridized carbons (Fsp3) is 0.120. The Morgan fingerprint density at radius 3 is 2.28 bits per heavy atom.